The number of nitrogens with one attached hydrogen (secondary N) is 1. The van der Waals surface area contributed by atoms with Crippen LogP contribution in [-0.2, 0) is 18.3 Å². The number of hydrogen-bond acceptors (Lipinski definition) is 2. The summed E-state index contributed by atoms with van der Waals surface area (Å²) in [4.78, 5) is 12.7. The van der Waals surface area contributed by atoms with E-state index in [4.69, 9.17) is 0 Å². The van der Waals surface area contributed by atoms with E-state index in [1.165, 1.54) is 17.7 Å². The molecular weight excluding hydrogens is 353 g/mol. The summed E-state index contributed by atoms with van der Waals surface area (Å²) in [5.74, 6) is 0.545. The zero-order valence-electron chi connectivity index (χ0n) is 16.7. The smallest absolute Gasteiger partial charge is 0.232 e. The lowest BCUT2D eigenvalue weighted by atomic mass is 9.96. The summed E-state index contributed by atoms with van der Waals surface area (Å²) in [5.41, 5.74) is 3.74. The quantitative estimate of drug-likeness (QED) is 0.642. The van der Waals surface area contributed by atoms with Crippen LogP contribution in [0.5, 0.6) is 0 Å². The molecule has 1 atom stereocenters. The van der Waals surface area contributed by atoms with Gasteiger partial charge in [-0.25, -0.2) is 4.39 Å². The van der Waals surface area contributed by atoms with Crippen LogP contribution in [0.3, 0.4) is 0 Å². The van der Waals surface area contributed by atoms with Crippen LogP contribution in [0.4, 0.5) is 10.2 Å². The fourth-order valence-electron chi connectivity index (χ4n) is 3.15. The van der Waals surface area contributed by atoms with E-state index < -0.39 is 0 Å². The molecule has 0 saturated heterocycles. The number of hydrogen-bond donors (Lipinski definition) is 1. The molecule has 3 rings (SSSR count). The third-order valence-electron chi connectivity index (χ3n) is 4.79. The van der Waals surface area contributed by atoms with Crippen LogP contribution in [0.1, 0.15) is 37.8 Å². The normalized spacial score (nSPS) is 12.2. The minimum atomic E-state index is -0.290. The first-order chi connectivity index (χ1) is 13.3. The van der Waals surface area contributed by atoms with Crippen molar-refractivity contribution in [3.63, 3.8) is 0 Å². The summed E-state index contributed by atoms with van der Waals surface area (Å²) in [6.45, 7) is 6.28. The van der Waals surface area contributed by atoms with Gasteiger partial charge < -0.3 is 5.32 Å². The van der Waals surface area contributed by atoms with Gasteiger partial charge in [0.2, 0.25) is 5.91 Å². The van der Waals surface area contributed by atoms with Gasteiger partial charge >= 0.3 is 0 Å². The number of nitrogens with zero attached hydrogens (tertiary/aromatic N) is 2. The van der Waals surface area contributed by atoms with Crippen LogP contribution in [0, 0.1) is 11.7 Å². The molecule has 0 bridgehead atoms. The maximum Gasteiger partial charge on any atom is 0.232 e. The van der Waals surface area contributed by atoms with E-state index in [1.807, 2.05) is 19.1 Å². The number of aromatic nitrogens is 2. The Hall–Kier alpha value is -2.95. The van der Waals surface area contributed by atoms with Crippen LogP contribution in [0.25, 0.3) is 11.3 Å². The molecule has 146 valence electrons. The topological polar surface area (TPSA) is 46.9 Å². The number of carbonyl (C=O) groups excluding carboxylic acids is 1. The molecule has 0 saturated carbocycles. The molecule has 0 aliphatic heterocycles. The molecule has 0 aliphatic carbocycles. The zero-order chi connectivity index (χ0) is 20.3. The molecule has 3 aromatic rings. The molecule has 1 heterocycles. The molecule has 0 spiro atoms. The van der Waals surface area contributed by atoms with Gasteiger partial charge in [0.1, 0.15) is 11.6 Å². The molecule has 1 amide bonds. The number of benzene rings is 2. The fourth-order valence-corrected chi connectivity index (χ4v) is 3.15. The number of amides is 1. The number of aryl methyl sites for hydroxylation is 1. The van der Waals surface area contributed by atoms with Crippen molar-refractivity contribution >= 4 is 11.7 Å². The summed E-state index contributed by atoms with van der Waals surface area (Å²) >= 11 is 0. The molecule has 0 aliphatic rings. The molecule has 0 fully saturated rings. The highest BCUT2D eigenvalue weighted by molar-refractivity contribution is 5.95. The Morgan fingerprint density at radius 3 is 2.32 bits per heavy atom. The van der Waals surface area contributed by atoms with E-state index in [2.05, 4.69) is 36.4 Å². The van der Waals surface area contributed by atoms with Crippen molar-refractivity contribution < 1.29 is 9.18 Å². The second-order valence-corrected chi connectivity index (χ2v) is 7.60. The largest absolute Gasteiger partial charge is 0.310 e. The predicted molar refractivity (Wildman–Crippen MR) is 111 cm³/mol. The van der Waals surface area contributed by atoms with Crippen LogP contribution in [0.15, 0.2) is 54.6 Å². The maximum absolute atomic E-state index is 13.1. The van der Waals surface area contributed by atoms with Crippen molar-refractivity contribution in [2.45, 2.75) is 33.1 Å². The third kappa shape index (κ3) is 4.66. The minimum Gasteiger partial charge on any atom is -0.310 e. The lowest BCUT2D eigenvalue weighted by molar-refractivity contribution is -0.117. The Morgan fingerprint density at radius 1 is 1.07 bits per heavy atom. The van der Waals surface area contributed by atoms with Gasteiger partial charge in [-0.3, -0.25) is 9.48 Å². The van der Waals surface area contributed by atoms with Crippen molar-refractivity contribution in [1.29, 1.82) is 0 Å². The van der Waals surface area contributed by atoms with E-state index >= 15 is 0 Å². The van der Waals surface area contributed by atoms with E-state index in [9.17, 15) is 9.18 Å². The predicted octanol–water partition coefficient (Wildman–Crippen LogP) is 5.17. The monoisotopic (exact) mass is 379 g/mol. The first-order valence-electron chi connectivity index (χ1n) is 9.53. The van der Waals surface area contributed by atoms with Crippen LogP contribution < -0.4 is 5.32 Å². The van der Waals surface area contributed by atoms with Gasteiger partial charge in [-0.15, -0.1) is 0 Å². The van der Waals surface area contributed by atoms with Gasteiger partial charge in [0, 0.05) is 18.7 Å². The Bertz CT molecular complexity index is 943. The highest BCUT2D eigenvalue weighted by Crippen LogP contribution is 2.24. The van der Waals surface area contributed by atoms with Crippen LogP contribution in [-0.4, -0.2) is 15.7 Å². The van der Waals surface area contributed by atoms with Crippen molar-refractivity contribution in [1.82, 2.24) is 9.78 Å². The van der Waals surface area contributed by atoms with E-state index in [1.54, 1.807) is 29.9 Å². The van der Waals surface area contributed by atoms with Gasteiger partial charge in [-0.05, 0) is 54.7 Å². The van der Waals surface area contributed by atoms with Gasteiger partial charge in [0.05, 0.1) is 11.6 Å². The van der Waals surface area contributed by atoms with E-state index in [-0.39, 0.29) is 17.6 Å². The second kappa shape index (κ2) is 8.38. The third-order valence-corrected chi connectivity index (χ3v) is 4.79. The summed E-state index contributed by atoms with van der Waals surface area (Å²) in [7, 11) is 1.77. The summed E-state index contributed by atoms with van der Waals surface area (Å²) < 4.78 is 14.7. The SMILES string of the molecule is CC(C)Cc1ccc([C@H](C)C(=O)Nc2cc(-c3ccc(F)cc3)nn2C)cc1. The summed E-state index contributed by atoms with van der Waals surface area (Å²) in [5, 5.41) is 7.36. The molecule has 5 heteroatoms. The molecule has 0 radical (unpaired) electrons. The minimum absolute atomic E-state index is 0.0923. The Labute approximate surface area is 165 Å². The van der Waals surface area contributed by atoms with Crippen molar-refractivity contribution in [2.24, 2.45) is 13.0 Å². The summed E-state index contributed by atoms with van der Waals surface area (Å²) in [6.07, 6.45) is 1.03. The molecule has 4 nitrogen and oxygen atoms in total. The molecule has 2 aromatic carbocycles. The van der Waals surface area contributed by atoms with Crippen molar-refractivity contribution in [3.05, 3.63) is 71.5 Å². The number of halogens is 1. The molecule has 0 unspecified atom stereocenters. The van der Waals surface area contributed by atoms with Gasteiger partial charge in [0.25, 0.3) is 0 Å². The lowest BCUT2D eigenvalue weighted by Gasteiger charge is -2.13. The van der Waals surface area contributed by atoms with Crippen LogP contribution >= 0.6 is 0 Å². The van der Waals surface area contributed by atoms with Crippen LogP contribution in [0.2, 0.25) is 0 Å². The number of anilines is 1. The van der Waals surface area contributed by atoms with E-state index in [0.717, 1.165) is 17.5 Å². The molecule has 1 aromatic heterocycles. The molecular formula is C23H26FN3O. The van der Waals surface area contributed by atoms with Crippen molar-refractivity contribution in [3.8, 4) is 11.3 Å². The highest BCUT2D eigenvalue weighted by Gasteiger charge is 2.18. The molecule has 1 N–H and O–H groups in total. The zero-order valence-corrected chi connectivity index (χ0v) is 16.7. The maximum atomic E-state index is 13.1. The average molecular weight is 379 g/mol. The number of carbonyl (C=O) groups is 1. The Kier molecular flexibility index (Phi) is 5.93. The van der Waals surface area contributed by atoms with E-state index in [0.29, 0.717) is 17.4 Å². The van der Waals surface area contributed by atoms with Crippen molar-refractivity contribution in [2.75, 3.05) is 5.32 Å². The molecule has 28 heavy (non-hydrogen) atoms. The van der Waals surface area contributed by atoms with Gasteiger partial charge in [0.15, 0.2) is 0 Å². The second-order valence-electron chi connectivity index (χ2n) is 7.60. The standard InChI is InChI=1S/C23H26FN3O/c1-15(2)13-17-5-7-18(8-6-17)16(3)23(28)25-22-14-21(26-27(22)4)19-9-11-20(24)12-10-19/h5-12,14-16H,13H2,1-4H3,(H,25,28)/t16-/m0/s1. The first-order valence-corrected chi connectivity index (χ1v) is 9.53. The van der Waals surface area contributed by atoms with Gasteiger partial charge in [-0.1, -0.05) is 38.1 Å². The lowest BCUT2D eigenvalue weighted by Crippen LogP contribution is -2.20. The van der Waals surface area contributed by atoms with Gasteiger partial charge in [-0.2, -0.15) is 5.10 Å². The number of rotatable bonds is 6. The highest BCUT2D eigenvalue weighted by atomic mass is 19.1. The Balaban J connectivity index is 1.71. The fraction of sp³-hybridized carbons (Fsp3) is 0.304. The average Bonchev–Trinajstić information content (AvgIpc) is 3.02. The first kappa shape index (κ1) is 19.8. The summed E-state index contributed by atoms with van der Waals surface area (Å²) in [6, 6.07) is 16.2. The Morgan fingerprint density at radius 2 is 1.71 bits per heavy atom.